The van der Waals surface area contributed by atoms with Crippen LogP contribution >= 0.6 is 0 Å². The van der Waals surface area contributed by atoms with Crippen molar-refractivity contribution in [3.8, 4) is 5.75 Å². The summed E-state index contributed by atoms with van der Waals surface area (Å²) in [4.78, 5) is 2.57. The van der Waals surface area contributed by atoms with E-state index in [0.29, 0.717) is 17.7 Å². The predicted molar refractivity (Wildman–Crippen MR) is 87.0 cm³/mol. The molecule has 2 bridgehead atoms. The molecule has 0 radical (unpaired) electrons. The van der Waals surface area contributed by atoms with Crippen molar-refractivity contribution in [2.24, 2.45) is 5.92 Å². The minimum absolute atomic E-state index is 0.0618. The van der Waals surface area contributed by atoms with Gasteiger partial charge >= 0.3 is 0 Å². The summed E-state index contributed by atoms with van der Waals surface area (Å²) < 4.78 is 0. The smallest absolute Gasteiger partial charge is 0.115 e. The molecule has 2 fully saturated rings. The van der Waals surface area contributed by atoms with Gasteiger partial charge in [-0.2, -0.15) is 0 Å². The van der Waals surface area contributed by atoms with Gasteiger partial charge in [-0.25, -0.2) is 0 Å². The minimum atomic E-state index is -0.198. The van der Waals surface area contributed by atoms with Crippen LogP contribution in [0.25, 0.3) is 0 Å². The first-order valence-corrected chi connectivity index (χ1v) is 8.49. The molecule has 4 rings (SSSR count). The summed E-state index contributed by atoms with van der Waals surface area (Å²) in [5.41, 5.74) is 2.74. The lowest BCUT2D eigenvalue weighted by Crippen LogP contribution is -2.62. The lowest BCUT2D eigenvalue weighted by molar-refractivity contribution is -0.0443. The van der Waals surface area contributed by atoms with Gasteiger partial charge in [-0.15, -0.1) is 6.58 Å². The monoisotopic (exact) mass is 299 g/mol. The number of aliphatic hydroxyl groups is 1. The van der Waals surface area contributed by atoms with E-state index in [2.05, 4.69) is 17.5 Å². The minimum Gasteiger partial charge on any atom is -0.508 e. The molecule has 0 aromatic heterocycles. The van der Waals surface area contributed by atoms with E-state index in [4.69, 9.17) is 0 Å². The lowest BCUT2D eigenvalue weighted by atomic mass is 9.52. The average molecular weight is 299 g/mol. The Morgan fingerprint density at radius 1 is 1.36 bits per heavy atom. The van der Waals surface area contributed by atoms with Gasteiger partial charge < -0.3 is 10.2 Å². The van der Waals surface area contributed by atoms with Crippen molar-refractivity contribution in [2.45, 2.75) is 49.7 Å². The first kappa shape index (κ1) is 14.3. The van der Waals surface area contributed by atoms with Gasteiger partial charge in [0.25, 0.3) is 0 Å². The van der Waals surface area contributed by atoms with Crippen molar-refractivity contribution in [1.82, 2.24) is 4.90 Å². The molecule has 0 unspecified atom stereocenters. The van der Waals surface area contributed by atoms with Crippen LogP contribution in [0.15, 0.2) is 30.9 Å². The molecular formula is C19H25NO2. The van der Waals surface area contributed by atoms with Crippen molar-refractivity contribution < 1.29 is 10.2 Å². The maximum absolute atomic E-state index is 10.3. The highest BCUT2D eigenvalue weighted by atomic mass is 16.3. The number of fused-ring (bicyclic) bond motifs is 1. The van der Waals surface area contributed by atoms with Crippen LogP contribution in [0.4, 0.5) is 0 Å². The molecule has 1 saturated heterocycles. The van der Waals surface area contributed by atoms with Gasteiger partial charge in [0.1, 0.15) is 5.75 Å². The molecule has 1 aromatic carbocycles. The topological polar surface area (TPSA) is 43.7 Å². The quantitative estimate of drug-likeness (QED) is 0.825. The first-order chi connectivity index (χ1) is 10.6. The third-order valence-electron chi connectivity index (χ3n) is 6.32. The summed E-state index contributed by atoms with van der Waals surface area (Å²) in [7, 11) is 0. The summed E-state index contributed by atoms with van der Waals surface area (Å²) >= 11 is 0. The Morgan fingerprint density at radius 2 is 2.23 bits per heavy atom. The van der Waals surface area contributed by atoms with E-state index in [1.807, 2.05) is 18.2 Å². The number of aliphatic hydroxyl groups excluding tert-OH is 1. The SMILES string of the molecule is C=CCN1CC[C@]23C[C@H](O)CC[C@H]2[C@H]1Cc1ccc(O)cc13. The second-order valence-electron chi connectivity index (χ2n) is 7.34. The molecule has 3 nitrogen and oxygen atoms in total. The Hall–Kier alpha value is -1.32. The summed E-state index contributed by atoms with van der Waals surface area (Å²) in [5, 5.41) is 20.3. The number of benzene rings is 1. The van der Waals surface area contributed by atoms with E-state index in [1.54, 1.807) is 0 Å². The first-order valence-electron chi connectivity index (χ1n) is 8.49. The van der Waals surface area contributed by atoms with Gasteiger partial charge in [-0.05, 0) is 67.8 Å². The fraction of sp³-hybridized carbons (Fsp3) is 0.579. The molecule has 1 heterocycles. The maximum Gasteiger partial charge on any atom is 0.115 e. The van der Waals surface area contributed by atoms with Crippen molar-refractivity contribution in [3.05, 3.63) is 42.0 Å². The predicted octanol–water partition coefficient (Wildman–Crippen LogP) is 2.61. The molecule has 2 aliphatic carbocycles. The molecule has 0 amide bonds. The summed E-state index contributed by atoms with van der Waals surface area (Å²) in [6.45, 7) is 5.93. The zero-order valence-electron chi connectivity index (χ0n) is 13.0. The van der Waals surface area contributed by atoms with E-state index in [1.165, 1.54) is 11.1 Å². The van der Waals surface area contributed by atoms with Crippen molar-refractivity contribution in [1.29, 1.82) is 0 Å². The van der Waals surface area contributed by atoms with Crippen molar-refractivity contribution in [2.75, 3.05) is 13.1 Å². The van der Waals surface area contributed by atoms with Gasteiger partial charge in [0.15, 0.2) is 0 Å². The molecule has 1 saturated carbocycles. The third kappa shape index (κ3) is 1.95. The Morgan fingerprint density at radius 3 is 3.05 bits per heavy atom. The number of hydrogen-bond donors (Lipinski definition) is 2. The molecule has 4 atom stereocenters. The van der Waals surface area contributed by atoms with Gasteiger partial charge in [0.05, 0.1) is 6.10 Å². The molecular weight excluding hydrogens is 274 g/mol. The standard InChI is InChI=1S/C19H25NO2/c1-2-8-20-9-7-19-12-15(22)5-6-16(19)18(20)10-13-3-4-14(21)11-17(13)19/h2-4,11,15-16,18,21-22H,1,5-10,12H2/t15-,16+,18-,19+/m1/s1. The van der Waals surface area contributed by atoms with E-state index < -0.39 is 0 Å². The van der Waals surface area contributed by atoms with E-state index in [0.717, 1.165) is 45.2 Å². The molecule has 0 spiro atoms. The van der Waals surface area contributed by atoms with Crippen LogP contribution in [0.2, 0.25) is 0 Å². The summed E-state index contributed by atoms with van der Waals surface area (Å²) in [5.74, 6) is 0.956. The van der Waals surface area contributed by atoms with Crippen LogP contribution in [-0.2, 0) is 11.8 Å². The number of phenols is 1. The third-order valence-corrected chi connectivity index (χ3v) is 6.32. The number of hydrogen-bond acceptors (Lipinski definition) is 3. The average Bonchev–Trinajstić information content (AvgIpc) is 2.50. The zero-order valence-corrected chi connectivity index (χ0v) is 13.0. The lowest BCUT2D eigenvalue weighted by Gasteiger charge is -2.59. The summed E-state index contributed by atoms with van der Waals surface area (Å²) in [6, 6.07) is 6.42. The van der Waals surface area contributed by atoms with Crippen molar-refractivity contribution >= 4 is 0 Å². The number of phenolic OH excluding ortho intramolecular Hbond substituents is 1. The highest BCUT2D eigenvalue weighted by Crippen LogP contribution is 2.56. The highest BCUT2D eigenvalue weighted by Gasteiger charge is 2.55. The van der Waals surface area contributed by atoms with E-state index >= 15 is 0 Å². The molecule has 1 aliphatic heterocycles. The molecule has 3 aliphatic rings. The number of piperidine rings is 1. The van der Waals surface area contributed by atoms with Crippen LogP contribution in [0.3, 0.4) is 0 Å². The number of nitrogens with zero attached hydrogens (tertiary/aromatic N) is 1. The number of rotatable bonds is 2. The molecule has 1 aromatic rings. The van der Waals surface area contributed by atoms with Crippen LogP contribution in [-0.4, -0.2) is 40.3 Å². The number of aromatic hydroxyl groups is 1. The second kappa shape index (κ2) is 5.10. The normalized spacial score (nSPS) is 37.2. The fourth-order valence-corrected chi connectivity index (χ4v) is 5.47. The second-order valence-corrected chi connectivity index (χ2v) is 7.34. The van der Waals surface area contributed by atoms with Gasteiger partial charge in [-0.1, -0.05) is 12.1 Å². The Labute approximate surface area is 132 Å². The van der Waals surface area contributed by atoms with Gasteiger partial charge in [-0.3, -0.25) is 4.90 Å². The van der Waals surface area contributed by atoms with E-state index in [9.17, 15) is 10.2 Å². The maximum atomic E-state index is 10.3. The number of likely N-dealkylation sites (tertiary alicyclic amines) is 1. The van der Waals surface area contributed by atoms with Gasteiger partial charge in [0, 0.05) is 18.0 Å². The fourth-order valence-electron chi connectivity index (χ4n) is 5.47. The molecule has 22 heavy (non-hydrogen) atoms. The molecule has 118 valence electrons. The molecule has 2 N–H and O–H groups in total. The van der Waals surface area contributed by atoms with Crippen LogP contribution in [0.1, 0.15) is 36.8 Å². The largest absolute Gasteiger partial charge is 0.508 e. The Balaban J connectivity index is 1.83. The highest BCUT2D eigenvalue weighted by molar-refractivity contribution is 5.45. The Kier molecular flexibility index (Phi) is 3.31. The van der Waals surface area contributed by atoms with Crippen LogP contribution in [0.5, 0.6) is 5.75 Å². The van der Waals surface area contributed by atoms with Crippen molar-refractivity contribution in [3.63, 3.8) is 0 Å². The van der Waals surface area contributed by atoms with Gasteiger partial charge in [0.2, 0.25) is 0 Å². The zero-order chi connectivity index (χ0) is 15.3. The van der Waals surface area contributed by atoms with E-state index in [-0.39, 0.29) is 11.5 Å². The van der Waals surface area contributed by atoms with Crippen LogP contribution < -0.4 is 0 Å². The summed E-state index contributed by atoms with van der Waals surface area (Å²) in [6.07, 6.45) is 6.81. The molecule has 3 heteroatoms. The van der Waals surface area contributed by atoms with Crippen LogP contribution in [0, 0.1) is 5.92 Å². The Bertz CT molecular complexity index is 599.